The van der Waals surface area contributed by atoms with E-state index in [1.54, 1.807) is 11.9 Å². The van der Waals surface area contributed by atoms with Gasteiger partial charge in [0.05, 0.1) is 17.1 Å². The quantitative estimate of drug-likeness (QED) is 0.784. The summed E-state index contributed by atoms with van der Waals surface area (Å²) in [5, 5.41) is 0. The van der Waals surface area contributed by atoms with Gasteiger partial charge in [-0.25, -0.2) is 4.98 Å². The third kappa shape index (κ3) is 2.15. The molecule has 2 N–H and O–H groups in total. The molecule has 3 heterocycles. The van der Waals surface area contributed by atoms with Crippen LogP contribution < -0.4 is 15.4 Å². The van der Waals surface area contributed by atoms with Crippen LogP contribution in [-0.4, -0.2) is 28.9 Å². The number of nitrogens with zero attached hydrogens (tertiary/aromatic N) is 3. The minimum Gasteiger partial charge on any atom is -0.482 e. The lowest BCUT2D eigenvalue weighted by atomic mass is 10.1. The lowest BCUT2D eigenvalue weighted by Crippen LogP contribution is -2.35. The van der Waals surface area contributed by atoms with E-state index in [1.165, 1.54) is 0 Å². The van der Waals surface area contributed by atoms with Crippen LogP contribution >= 0.6 is 0 Å². The number of ether oxygens (including phenoxy) is 1. The van der Waals surface area contributed by atoms with Gasteiger partial charge in [0.1, 0.15) is 11.4 Å². The summed E-state index contributed by atoms with van der Waals surface area (Å²) in [5.41, 5.74) is 11.4. The Labute approximate surface area is 139 Å². The average Bonchev–Trinajstić information content (AvgIpc) is 2.95. The van der Waals surface area contributed by atoms with Gasteiger partial charge < -0.3 is 19.8 Å². The van der Waals surface area contributed by atoms with E-state index >= 15 is 0 Å². The zero-order valence-corrected chi connectivity index (χ0v) is 13.6. The fourth-order valence-corrected chi connectivity index (χ4v) is 3.05. The number of pyridine rings is 1. The molecule has 0 unspecified atom stereocenters. The SMILES string of the molecule is Cc1ccc2nc(-c3ccc4c(c3)N(C)C(=O)CO4)c(CN)n2c1. The van der Waals surface area contributed by atoms with Gasteiger partial charge in [0, 0.05) is 25.4 Å². The Hall–Kier alpha value is -2.86. The lowest BCUT2D eigenvalue weighted by molar-refractivity contribution is -0.120. The van der Waals surface area contributed by atoms with Crippen molar-refractivity contribution in [1.82, 2.24) is 9.38 Å². The van der Waals surface area contributed by atoms with Crippen LogP contribution in [0.25, 0.3) is 16.9 Å². The van der Waals surface area contributed by atoms with Gasteiger partial charge in [-0.2, -0.15) is 0 Å². The van der Waals surface area contributed by atoms with Crippen LogP contribution in [0, 0.1) is 6.92 Å². The van der Waals surface area contributed by atoms with E-state index < -0.39 is 0 Å². The first-order chi connectivity index (χ1) is 11.6. The molecule has 24 heavy (non-hydrogen) atoms. The van der Waals surface area contributed by atoms with Crippen LogP contribution in [0.1, 0.15) is 11.3 Å². The second kappa shape index (κ2) is 5.35. The zero-order valence-electron chi connectivity index (χ0n) is 13.6. The van der Waals surface area contributed by atoms with Crippen LogP contribution in [0.4, 0.5) is 5.69 Å². The van der Waals surface area contributed by atoms with E-state index in [2.05, 4.69) is 0 Å². The molecule has 122 valence electrons. The molecular formula is C18H18N4O2. The highest BCUT2D eigenvalue weighted by Crippen LogP contribution is 2.36. The fourth-order valence-electron chi connectivity index (χ4n) is 3.05. The Kier molecular flexibility index (Phi) is 3.28. The molecule has 0 saturated carbocycles. The van der Waals surface area contributed by atoms with E-state index in [0.29, 0.717) is 12.3 Å². The number of fused-ring (bicyclic) bond motifs is 2. The van der Waals surface area contributed by atoms with Crippen LogP contribution in [0.2, 0.25) is 0 Å². The first-order valence-electron chi connectivity index (χ1n) is 7.80. The molecule has 4 rings (SSSR count). The number of hydrogen-bond acceptors (Lipinski definition) is 4. The van der Waals surface area contributed by atoms with Gasteiger partial charge in [-0.3, -0.25) is 4.79 Å². The summed E-state index contributed by atoms with van der Waals surface area (Å²) in [7, 11) is 1.75. The van der Waals surface area contributed by atoms with Crippen molar-refractivity contribution in [2.45, 2.75) is 13.5 Å². The highest BCUT2D eigenvalue weighted by atomic mass is 16.5. The van der Waals surface area contributed by atoms with Gasteiger partial charge in [0.25, 0.3) is 5.91 Å². The van der Waals surface area contributed by atoms with Crippen molar-refractivity contribution in [3.05, 3.63) is 47.8 Å². The van der Waals surface area contributed by atoms with Crippen LogP contribution in [-0.2, 0) is 11.3 Å². The molecule has 0 aliphatic carbocycles. The maximum atomic E-state index is 11.9. The van der Waals surface area contributed by atoms with Gasteiger partial charge in [-0.05, 0) is 36.8 Å². The second-order valence-corrected chi connectivity index (χ2v) is 5.97. The maximum absolute atomic E-state index is 11.9. The van der Waals surface area contributed by atoms with Crippen molar-refractivity contribution < 1.29 is 9.53 Å². The molecule has 1 amide bonds. The minimum atomic E-state index is -0.0654. The Balaban J connectivity index is 1.90. The number of amides is 1. The third-order valence-electron chi connectivity index (χ3n) is 4.38. The van der Waals surface area contributed by atoms with Gasteiger partial charge >= 0.3 is 0 Å². The van der Waals surface area contributed by atoms with Crippen LogP contribution in [0.5, 0.6) is 5.75 Å². The molecule has 6 heteroatoms. The van der Waals surface area contributed by atoms with E-state index in [1.807, 2.05) is 47.9 Å². The number of rotatable bonds is 2. The van der Waals surface area contributed by atoms with Gasteiger partial charge in [0.15, 0.2) is 6.61 Å². The fraction of sp³-hybridized carbons (Fsp3) is 0.222. The number of likely N-dealkylation sites (N-methyl/N-ethyl adjacent to an activating group) is 1. The Bertz CT molecular complexity index is 961. The standard InChI is InChI=1S/C18H18N4O2/c1-11-3-6-16-20-18(14(8-19)22(16)9-11)12-4-5-15-13(7-12)21(2)17(23)10-24-15/h3-7,9H,8,10,19H2,1-2H3. The van der Waals surface area contributed by atoms with Crippen molar-refractivity contribution in [2.75, 3.05) is 18.6 Å². The predicted molar refractivity (Wildman–Crippen MR) is 92.2 cm³/mol. The number of benzene rings is 1. The molecule has 0 atom stereocenters. The average molecular weight is 322 g/mol. The molecule has 0 saturated heterocycles. The Morgan fingerprint density at radius 2 is 2.12 bits per heavy atom. The summed E-state index contributed by atoms with van der Waals surface area (Å²) in [6.45, 7) is 2.49. The molecule has 0 bridgehead atoms. The van der Waals surface area contributed by atoms with E-state index in [0.717, 1.165) is 33.8 Å². The Morgan fingerprint density at radius 1 is 1.29 bits per heavy atom. The van der Waals surface area contributed by atoms with Crippen LogP contribution in [0.3, 0.4) is 0 Å². The van der Waals surface area contributed by atoms with Crippen molar-refractivity contribution in [3.8, 4) is 17.0 Å². The molecule has 1 aliphatic heterocycles. The minimum absolute atomic E-state index is 0.0654. The topological polar surface area (TPSA) is 72.9 Å². The Morgan fingerprint density at radius 3 is 2.92 bits per heavy atom. The number of aryl methyl sites for hydroxylation is 1. The van der Waals surface area contributed by atoms with E-state index in [4.69, 9.17) is 15.5 Å². The first-order valence-corrected chi connectivity index (χ1v) is 7.80. The molecule has 2 aromatic heterocycles. The summed E-state index contributed by atoms with van der Waals surface area (Å²) < 4.78 is 7.51. The normalized spacial score (nSPS) is 14.0. The third-order valence-corrected chi connectivity index (χ3v) is 4.38. The van der Waals surface area contributed by atoms with E-state index in [-0.39, 0.29) is 12.5 Å². The molecule has 0 fully saturated rings. The van der Waals surface area contributed by atoms with Crippen LogP contribution in [0.15, 0.2) is 36.5 Å². The van der Waals surface area contributed by atoms with Crippen molar-refractivity contribution in [2.24, 2.45) is 5.73 Å². The van der Waals surface area contributed by atoms with Crippen molar-refractivity contribution in [3.63, 3.8) is 0 Å². The number of imidazole rings is 1. The summed E-state index contributed by atoms with van der Waals surface area (Å²) >= 11 is 0. The monoisotopic (exact) mass is 322 g/mol. The van der Waals surface area contributed by atoms with Gasteiger partial charge in [-0.1, -0.05) is 6.07 Å². The summed E-state index contributed by atoms with van der Waals surface area (Å²) in [4.78, 5) is 18.2. The summed E-state index contributed by atoms with van der Waals surface area (Å²) in [6.07, 6.45) is 2.03. The molecule has 0 radical (unpaired) electrons. The van der Waals surface area contributed by atoms with Gasteiger partial charge in [-0.15, -0.1) is 0 Å². The van der Waals surface area contributed by atoms with Crippen molar-refractivity contribution >= 4 is 17.2 Å². The van der Waals surface area contributed by atoms with Crippen molar-refractivity contribution in [1.29, 1.82) is 0 Å². The molecular weight excluding hydrogens is 304 g/mol. The molecule has 6 nitrogen and oxygen atoms in total. The number of aromatic nitrogens is 2. The highest BCUT2D eigenvalue weighted by Gasteiger charge is 2.23. The molecule has 1 aromatic carbocycles. The maximum Gasteiger partial charge on any atom is 0.264 e. The number of hydrogen-bond donors (Lipinski definition) is 1. The summed E-state index contributed by atoms with van der Waals surface area (Å²) in [5.74, 6) is 0.638. The predicted octanol–water partition coefficient (Wildman–Crippen LogP) is 2.12. The molecule has 1 aliphatic rings. The lowest BCUT2D eigenvalue weighted by Gasteiger charge is -2.26. The van der Waals surface area contributed by atoms with Gasteiger partial charge in [0.2, 0.25) is 0 Å². The number of carbonyl (C=O) groups is 1. The molecule has 3 aromatic rings. The number of carbonyl (C=O) groups excluding carboxylic acids is 1. The smallest absolute Gasteiger partial charge is 0.264 e. The second-order valence-electron chi connectivity index (χ2n) is 5.97. The number of anilines is 1. The highest BCUT2D eigenvalue weighted by molar-refractivity contribution is 5.98. The first kappa shape index (κ1) is 14.7. The largest absolute Gasteiger partial charge is 0.482 e. The zero-order chi connectivity index (χ0) is 16.8. The number of nitrogens with two attached hydrogens (primary N) is 1. The van der Waals surface area contributed by atoms with E-state index in [9.17, 15) is 4.79 Å². The summed E-state index contributed by atoms with van der Waals surface area (Å²) in [6, 6.07) is 9.77. The molecule has 0 spiro atoms.